The highest BCUT2D eigenvalue weighted by Gasteiger charge is 2.26. The van der Waals surface area contributed by atoms with Crippen LogP contribution in [0.2, 0.25) is 0 Å². The van der Waals surface area contributed by atoms with Crippen LogP contribution in [0.25, 0.3) is 0 Å². The summed E-state index contributed by atoms with van der Waals surface area (Å²) in [5, 5.41) is 5.96. The van der Waals surface area contributed by atoms with Gasteiger partial charge in [-0.25, -0.2) is 9.97 Å². The molecule has 1 aromatic heterocycles. The topological polar surface area (TPSA) is 96.5 Å². The Morgan fingerprint density at radius 1 is 1.10 bits per heavy atom. The third-order valence-corrected chi connectivity index (χ3v) is 5.58. The summed E-state index contributed by atoms with van der Waals surface area (Å²) in [5.41, 5.74) is 1.11. The number of hydrogen-bond donors (Lipinski definition) is 2. The first-order chi connectivity index (χ1) is 15.2. The lowest BCUT2D eigenvalue weighted by molar-refractivity contribution is -0.125. The summed E-state index contributed by atoms with van der Waals surface area (Å²) < 4.78 is 5.52. The minimum absolute atomic E-state index is 0.0400. The van der Waals surface area contributed by atoms with Gasteiger partial charge in [-0.05, 0) is 55.9 Å². The largest absolute Gasteiger partial charge is 0.484 e. The Kier molecular flexibility index (Phi) is 6.96. The van der Waals surface area contributed by atoms with Crippen molar-refractivity contribution in [1.82, 2.24) is 20.6 Å². The molecule has 1 aliphatic heterocycles. The van der Waals surface area contributed by atoms with E-state index in [1.165, 1.54) is 0 Å². The number of nitrogens with one attached hydrogen (secondary N) is 2. The van der Waals surface area contributed by atoms with Gasteiger partial charge in [0.05, 0.1) is 5.92 Å². The van der Waals surface area contributed by atoms with Crippen LogP contribution in [0.15, 0.2) is 42.7 Å². The number of hydrogen-bond acceptors (Lipinski definition) is 6. The molecule has 2 aromatic rings. The molecular weight excluding hydrogens is 394 g/mol. The molecule has 0 spiro atoms. The van der Waals surface area contributed by atoms with E-state index in [4.69, 9.17) is 4.74 Å². The number of piperidine rings is 1. The van der Waals surface area contributed by atoms with Gasteiger partial charge < -0.3 is 20.3 Å². The molecule has 8 nitrogen and oxygen atoms in total. The highest BCUT2D eigenvalue weighted by atomic mass is 16.5. The first-order valence-corrected chi connectivity index (χ1v) is 11.0. The van der Waals surface area contributed by atoms with Crippen molar-refractivity contribution >= 4 is 17.8 Å². The van der Waals surface area contributed by atoms with E-state index in [1.54, 1.807) is 18.5 Å². The van der Waals surface area contributed by atoms with E-state index >= 15 is 0 Å². The SMILES string of the molecule is O=C(COc1ccc(CCNC(=O)C2CCCN(c3ncccn3)C2)cc1)NC1CC1. The zero-order valence-corrected chi connectivity index (χ0v) is 17.6. The smallest absolute Gasteiger partial charge is 0.258 e. The molecule has 1 saturated carbocycles. The summed E-state index contributed by atoms with van der Waals surface area (Å²) in [7, 11) is 0. The van der Waals surface area contributed by atoms with Crippen LogP contribution in [-0.4, -0.2) is 54.1 Å². The Bertz CT molecular complexity index is 871. The number of carbonyl (C=O) groups is 2. The molecule has 8 heteroatoms. The van der Waals surface area contributed by atoms with Gasteiger partial charge in [0.1, 0.15) is 5.75 Å². The van der Waals surface area contributed by atoms with E-state index in [9.17, 15) is 9.59 Å². The molecule has 1 aliphatic carbocycles. The van der Waals surface area contributed by atoms with E-state index in [-0.39, 0.29) is 24.3 Å². The minimum atomic E-state index is -0.0746. The molecule has 2 amide bonds. The van der Waals surface area contributed by atoms with Crippen LogP contribution in [0, 0.1) is 5.92 Å². The fourth-order valence-electron chi connectivity index (χ4n) is 3.70. The highest BCUT2D eigenvalue weighted by Crippen LogP contribution is 2.20. The average molecular weight is 424 g/mol. The van der Waals surface area contributed by atoms with Gasteiger partial charge in [-0.15, -0.1) is 0 Å². The Balaban J connectivity index is 1.17. The summed E-state index contributed by atoms with van der Waals surface area (Å²) >= 11 is 0. The quantitative estimate of drug-likeness (QED) is 0.637. The molecule has 1 saturated heterocycles. The number of aromatic nitrogens is 2. The van der Waals surface area contributed by atoms with Crippen molar-refractivity contribution in [2.24, 2.45) is 5.92 Å². The first-order valence-electron chi connectivity index (χ1n) is 11.0. The summed E-state index contributed by atoms with van der Waals surface area (Å²) in [6, 6.07) is 9.80. The number of nitrogens with zero attached hydrogens (tertiary/aromatic N) is 3. The van der Waals surface area contributed by atoms with Gasteiger partial charge in [0, 0.05) is 38.1 Å². The van der Waals surface area contributed by atoms with Gasteiger partial charge in [0.15, 0.2) is 6.61 Å². The highest BCUT2D eigenvalue weighted by molar-refractivity contribution is 5.79. The summed E-state index contributed by atoms with van der Waals surface area (Å²) in [5.74, 6) is 1.32. The van der Waals surface area contributed by atoms with E-state index < -0.39 is 0 Å². The lowest BCUT2D eigenvalue weighted by Gasteiger charge is -2.31. The van der Waals surface area contributed by atoms with E-state index in [1.807, 2.05) is 24.3 Å². The van der Waals surface area contributed by atoms with Gasteiger partial charge in [-0.3, -0.25) is 9.59 Å². The predicted octanol–water partition coefficient (Wildman–Crippen LogP) is 1.71. The minimum Gasteiger partial charge on any atom is -0.484 e. The standard InChI is InChI=1S/C23H29N5O3/c29-21(27-19-6-7-19)16-31-20-8-4-17(5-9-20)10-13-24-22(30)18-3-1-14-28(15-18)23-25-11-2-12-26-23/h2,4-5,8-9,11-12,18-19H,1,3,6-7,10,13-16H2,(H,24,30)(H,27,29). The second-order valence-electron chi connectivity index (χ2n) is 8.15. The molecule has 2 heterocycles. The Hall–Kier alpha value is -3.16. The fourth-order valence-corrected chi connectivity index (χ4v) is 3.70. The molecule has 1 unspecified atom stereocenters. The van der Waals surface area contributed by atoms with Crippen molar-refractivity contribution < 1.29 is 14.3 Å². The monoisotopic (exact) mass is 423 g/mol. The number of amides is 2. The van der Waals surface area contributed by atoms with Crippen LogP contribution in [-0.2, 0) is 16.0 Å². The zero-order chi connectivity index (χ0) is 21.5. The van der Waals surface area contributed by atoms with Crippen LogP contribution in [0.3, 0.4) is 0 Å². The van der Waals surface area contributed by atoms with Crippen LogP contribution in [0.5, 0.6) is 5.75 Å². The predicted molar refractivity (Wildman–Crippen MR) is 117 cm³/mol. The second-order valence-corrected chi connectivity index (χ2v) is 8.15. The van der Waals surface area contributed by atoms with Gasteiger partial charge >= 0.3 is 0 Å². The normalized spacial score (nSPS) is 18.3. The molecule has 0 radical (unpaired) electrons. The Morgan fingerprint density at radius 3 is 2.61 bits per heavy atom. The molecule has 2 fully saturated rings. The molecule has 2 aliphatic rings. The van der Waals surface area contributed by atoms with Crippen molar-refractivity contribution in [2.45, 2.75) is 38.1 Å². The molecule has 0 bridgehead atoms. The summed E-state index contributed by atoms with van der Waals surface area (Å²) in [4.78, 5) is 35.0. The van der Waals surface area contributed by atoms with Crippen LogP contribution in [0.1, 0.15) is 31.2 Å². The first kappa shape index (κ1) is 21.1. The molecule has 1 aromatic carbocycles. The molecular formula is C23H29N5O3. The fraction of sp³-hybridized carbons (Fsp3) is 0.478. The van der Waals surface area contributed by atoms with Crippen LogP contribution >= 0.6 is 0 Å². The lowest BCUT2D eigenvalue weighted by atomic mass is 9.97. The number of benzene rings is 1. The molecule has 2 N–H and O–H groups in total. The Morgan fingerprint density at radius 2 is 1.87 bits per heavy atom. The van der Waals surface area contributed by atoms with E-state index in [2.05, 4.69) is 25.5 Å². The molecule has 31 heavy (non-hydrogen) atoms. The zero-order valence-electron chi connectivity index (χ0n) is 17.6. The maximum atomic E-state index is 12.6. The second kappa shape index (κ2) is 10.2. The van der Waals surface area contributed by atoms with Crippen molar-refractivity contribution in [3.05, 3.63) is 48.3 Å². The van der Waals surface area contributed by atoms with Crippen LogP contribution in [0.4, 0.5) is 5.95 Å². The number of rotatable bonds is 9. The summed E-state index contributed by atoms with van der Waals surface area (Å²) in [6.45, 7) is 2.15. The van der Waals surface area contributed by atoms with Gasteiger partial charge in [0.2, 0.25) is 11.9 Å². The van der Waals surface area contributed by atoms with Crippen molar-refractivity contribution in [1.29, 1.82) is 0 Å². The van der Waals surface area contributed by atoms with Gasteiger partial charge in [0.25, 0.3) is 5.91 Å². The van der Waals surface area contributed by atoms with E-state index in [0.29, 0.717) is 30.8 Å². The number of carbonyl (C=O) groups excluding carboxylic acids is 2. The maximum Gasteiger partial charge on any atom is 0.258 e. The van der Waals surface area contributed by atoms with Gasteiger partial charge in [-0.1, -0.05) is 12.1 Å². The third-order valence-electron chi connectivity index (χ3n) is 5.58. The number of ether oxygens (including phenoxy) is 1. The molecule has 164 valence electrons. The van der Waals surface area contributed by atoms with Crippen molar-refractivity contribution in [2.75, 3.05) is 31.1 Å². The van der Waals surface area contributed by atoms with Crippen molar-refractivity contribution in [3.8, 4) is 5.75 Å². The molecule has 4 rings (SSSR count). The lowest BCUT2D eigenvalue weighted by Crippen LogP contribution is -2.44. The molecule has 1 atom stereocenters. The maximum absolute atomic E-state index is 12.6. The van der Waals surface area contributed by atoms with E-state index in [0.717, 1.165) is 44.2 Å². The average Bonchev–Trinajstić information content (AvgIpc) is 3.63. The number of anilines is 1. The van der Waals surface area contributed by atoms with Gasteiger partial charge in [-0.2, -0.15) is 0 Å². The Labute approximate surface area is 182 Å². The third kappa shape index (κ3) is 6.41. The van der Waals surface area contributed by atoms with Crippen LogP contribution < -0.4 is 20.3 Å². The summed E-state index contributed by atoms with van der Waals surface area (Å²) in [6.07, 6.45) is 8.17. The van der Waals surface area contributed by atoms with Crippen molar-refractivity contribution in [3.63, 3.8) is 0 Å².